The number of thiazole rings is 1. The molecule has 4 rings (SSSR count). The lowest BCUT2D eigenvalue weighted by Gasteiger charge is -2.08. The van der Waals surface area contributed by atoms with E-state index in [1.807, 2.05) is 30.5 Å². The summed E-state index contributed by atoms with van der Waals surface area (Å²) in [6, 6.07) is 9.97. The maximum atomic E-state index is 14.4. The predicted molar refractivity (Wildman–Crippen MR) is 104 cm³/mol. The zero-order valence-corrected chi connectivity index (χ0v) is 15.6. The molecule has 2 aromatic carbocycles. The lowest BCUT2D eigenvalue weighted by atomic mass is 10.0. The van der Waals surface area contributed by atoms with E-state index in [0.717, 1.165) is 41.1 Å². The Hall–Kier alpha value is -2.38. The first-order chi connectivity index (χ1) is 12.4. The number of hydrogen-bond donors (Lipinski definition) is 0. The number of rotatable bonds is 3. The van der Waals surface area contributed by atoms with E-state index in [1.54, 1.807) is 0 Å². The fraction of sp³-hybridized carbons (Fsp3) is 0.158. The molecule has 2 heterocycles. The van der Waals surface area contributed by atoms with Gasteiger partial charge >= 0.3 is 0 Å². The van der Waals surface area contributed by atoms with Crippen molar-refractivity contribution in [3.05, 3.63) is 53.9 Å². The van der Waals surface area contributed by atoms with Crippen LogP contribution in [0, 0.1) is 5.82 Å². The first-order valence-corrected chi connectivity index (χ1v) is 10.7. The van der Waals surface area contributed by atoms with E-state index in [-0.39, 0.29) is 4.90 Å². The number of nitrogens with zero attached hydrogens (tertiary/aromatic N) is 2. The van der Waals surface area contributed by atoms with Crippen molar-refractivity contribution in [2.24, 2.45) is 4.99 Å². The first kappa shape index (κ1) is 17.1. The molecule has 0 bridgehead atoms. The van der Waals surface area contributed by atoms with Gasteiger partial charge in [-0.25, -0.2) is 17.8 Å². The molecule has 3 aromatic rings. The second-order valence-electron chi connectivity index (χ2n) is 6.11. The molecule has 0 saturated carbocycles. The van der Waals surface area contributed by atoms with Gasteiger partial charge in [-0.1, -0.05) is 6.07 Å². The van der Waals surface area contributed by atoms with Crippen LogP contribution in [0.25, 0.3) is 26.4 Å². The van der Waals surface area contributed by atoms with Crippen molar-refractivity contribution in [3.8, 4) is 10.6 Å². The lowest BCUT2D eigenvalue weighted by Crippen LogP contribution is -1.98. The van der Waals surface area contributed by atoms with Gasteiger partial charge < -0.3 is 0 Å². The van der Waals surface area contributed by atoms with Crippen LogP contribution in [0.3, 0.4) is 0 Å². The molecule has 0 aliphatic carbocycles. The Labute approximate surface area is 154 Å². The minimum atomic E-state index is -3.44. The normalized spacial score (nSPS) is 14.6. The molecule has 0 atom stereocenters. The van der Waals surface area contributed by atoms with Crippen LogP contribution >= 0.6 is 11.3 Å². The summed E-state index contributed by atoms with van der Waals surface area (Å²) in [5, 5.41) is 0.536. The zero-order valence-electron chi connectivity index (χ0n) is 13.9. The van der Waals surface area contributed by atoms with Crippen LogP contribution < -0.4 is 0 Å². The van der Waals surface area contributed by atoms with E-state index in [2.05, 4.69) is 9.98 Å². The molecule has 7 heteroatoms. The van der Waals surface area contributed by atoms with Crippen LogP contribution in [0.15, 0.2) is 52.4 Å². The van der Waals surface area contributed by atoms with Gasteiger partial charge in [0.1, 0.15) is 10.8 Å². The standard InChI is InChI=1S/C19H15FN2O2S2/c1-26(23,24)14-3-4-15(16(20)11-14)19-22-17-10-13(2-5-18(17)25-19)12-6-8-21-9-7-12/h2-6,8,10-11H,7,9H2,1H3. The fourth-order valence-corrected chi connectivity index (χ4v) is 4.47. The second kappa shape index (κ2) is 6.41. The molecule has 0 unspecified atom stereocenters. The van der Waals surface area contributed by atoms with E-state index in [1.165, 1.54) is 29.0 Å². The van der Waals surface area contributed by atoms with E-state index >= 15 is 0 Å². The van der Waals surface area contributed by atoms with Crippen LogP contribution in [-0.4, -0.2) is 32.4 Å². The van der Waals surface area contributed by atoms with Crippen molar-refractivity contribution in [2.75, 3.05) is 12.8 Å². The number of fused-ring (bicyclic) bond motifs is 1. The van der Waals surface area contributed by atoms with Crippen molar-refractivity contribution < 1.29 is 12.8 Å². The van der Waals surface area contributed by atoms with Crippen molar-refractivity contribution in [3.63, 3.8) is 0 Å². The van der Waals surface area contributed by atoms with Gasteiger partial charge in [-0.05, 0) is 54.0 Å². The molecule has 0 spiro atoms. The summed E-state index contributed by atoms with van der Waals surface area (Å²) in [4.78, 5) is 8.72. The largest absolute Gasteiger partial charge is 0.293 e. The number of hydrogen-bond acceptors (Lipinski definition) is 5. The Bertz CT molecular complexity index is 1180. The number of dihydropyridines is 1. The summed E-state index contributed by atoms with van der Waals surface area (Å²) in [7, 11) is -3.44. The van der Waals surface area contributed by atoms with Crippen molar-refractivity contribution >= 4 is 43.2 Å². The van der Waals surface area contributed by atoms with E-state index in [4.69, 9.17) is 0 Å². The van der Waals surface area contributed by atoms with Gasteiger partial charge in [-0.15, -0.1) is 11.3 Å². The molecule has 4 nitrogen and oxygen atoms in total. The molecule has 1 aromatic heterocycles. The van der Waals surface area contributed by atoms with Crippen LogP contribution in [0.2, 0.25) is 0 Å². The number of aromatic nitrogens is 1. The number of aliphatic imine (C=N–C) groups is 1. The summed E-state index contributed by atoms with van der Waals surface area (Å²) in [5.41, 5.74) is 3.41. The topological polar surface area (TPSA) is 59.4 Å². The molecule has 0 N–H and O–H groups in total. The molecule has 0 fully saturated rings. The maximum absolute atomic E-state index is 14.4. The van der Waals surface area contributed by atoms with E-state index in [9.17, 15) is 12.8 Å². The van der Waals surface area contributed by atoms with E-state index < -0.39 is 15.7 Å². The SMILES string of the molecule is CS(=O)(=O)c1ccc(-c2nc3cc(C4=CC=NCC4)ccc3s2)c(F)c1. The zero-order chi connectivity index (χ0) is 18.3. The summed E-state index contributed by atoms with van der Waals surface area (Å²) in [6.45, 7) is 0.782. The first-order valence-electron chi connectivity index (χ1n) is 8.02. The molecular weight excluding hydrogens is 371 g/mol. The van der Waals surface area contributed by atoms with Crippen LogP contribution in [0.4, 0.5) is 4.39 Å². The van der Waals surface area contributed by atoms with Gasteiger partial charge in [0, 0.05) is 24.6 Å². The fourth-order valence-electron chi connectivity index (χ4n) is 2.87. The van der Waals surface area contributed by atoms with Gasteiger partial charge in [0.15, 0.2) is 9.84 Å². The Morgan fingerprint density at radius 1 is 1.15 bits per heavy atom. The Kier molecular flexibility index (Phi) is 4.20. The van der Waals surface area contributed by atoms with Crippen LogP contribution in [0.1, 0.15) is 12.0 Å². The monoisotopic (exact) mass is 386 g/mol. The maximum Gasteiger partial charge on any atom is 0.175 e. The van der Waals surface area contributed by atoms with Gasteiger partial charge in [-0.3, -0.25) is 4.99 Å². The minimum Gasteiger partial charge on any atom is -0.293 e. The highest BCUT2D eigenvalue weighted by atomic mass is 32.2. The van der Waals surface area contributed by atoms with Crippen molar-refractivity contribution in [1.29, 1.82) is 0 Å². The molecular formula is C19H15FN2O2S2. The second-order valence-corrected chi connectivity index (χ2v) is 9.16. The van der Waals surface area contributed by atoms with E-state index in [0.29, 0.717) is 10.6 Å². The molecule has 0 saturated heterocycles. The van der Waals surface area contributed by atoms with Gasteiger partial charge in [-0.2, -0.15) is 0 Å². The predicted octanol–water partition coefficient (Wildman–Crippen LogP) is 4.36. The minimum absolute atomic E-state index is 0.0342. The van der Waals surface area contributed by atoms with Gasteiger partial charge in [0.25, 0.3) is 0 Å². The third kappa shape index (κ3) is 3.20. The third-order valence-corrected chi connectivity index (χ3v) is 6.43. The molecule has 0 radical (unpaired) electrons. The highest BCUT2D eigenvalue weighted by molar-refractivity contribution is 7.90. The number of halogens is 1. The number of benzene rings is 2. The Balaban J connectivity index is 1.76. The van der Waals surface area contributed by atoms with Crippen molar-refractivity contribution in [1.82, 2.24) is 4.98 Å². The molecule has 26 heavy (non-hydrogen) atoms. The van der Waals surface area contributed by atoms with Gasteiger partial charge in [0.05, 0.1) is 15.1 Å². The highest BCUT2D eigenvalue weighted by Gasteiger charge is 2.15. The number of allylic oxidation sites excluding steroid dienone is 1. The molecule has 0 amide bonds. The summed E-state index contributed by atoms with van der Waals surface area (Å²) < 4.78 is 38.5. The summed E-state index contributed by atoms with van der Waals surface area (Å²) in [6.07, 6.45) is 5.77. The third-order valence-electron chi connectivity index (χ3n) is 4.25. The van der Waals surface area contributed by atoms with Crippen LogP contribution in [-0.2, 0) is 9.84 Å². The Morgan fingerprint density at radius 3 is 2.69 bits per heavy atom. The van der Waals surface area contributed by atoms with Crippen molar-refractivity contribution in [2.45, 2.75) is 11.3 Å². The average Bonchev–Trinajstić information content (AvgIpc) is 3.04. The quantitative estimate of drug-likeness (QED) is 0.672. The average molecular weight is 386 g/mol. The summed E-state index contributed by atoms with van der Waals surface area (Å²) in [5.74, 6) is -0.585. The smallest absolute Gasteiger partial charge is 0.175 e. The van der Waals surface area contributed by atoms with Crippen LogP contribution in [0.5, 0.6) is 0 Å². The number of sulfone groups is 1. The molecule has 1 aliphatic heterocycles. The highest BCUT2D eigenvalue weighted by Crippen LogP contribution is 2.34. The van der Waals surface area contributed by atoms with Gasteiger partial charge in [0.2, 0.25) is 0 Å². The summed E-state index contributed by atoms with van der Waals surface area (Å²) >= 11 is 1.39. The molecule has 132 valence electrons. The lowest BCUT2D eigenvalue weighted by molar-refractivity contribution is 0.596. The Morgan fingerprint density at radius 2 is 2.00 bits per heavy atom. The molecule has 1 aliphatic rings.